The standard InChI is InChI=1S/C25H31N3O/c29-25(28-16-12-23-10-4-5-11-24(23)21-28)13-15-27-19-17-26(18-20-27)14-6-9-22-7-2-1-3-8-22/h1-11H,12-21H2/b9-6+. The number of hydrogen-bond acceptors (Lipinski definition) is 3. The lowest BCUT2D eigenvalue weighted by Crippen LogP contribution is -2.47. The van der Waals surface area contributed by atoms with Crippen LogP contribution in [0.2, 0.25) is 0 Å². The molecule has 2 aliphatic rings. The molecule has 0 bridgehead atoms. The first-order valence-electron chi connectivity index (χ1n) is 10.8. The summed E-state index contributed by atoms with van der Waals surface area (Å²) in [5.74, 6) is 0.299. The monoisotopic (exact) mass is 389 g/mol. The van der Waals surface area contributed by atoms with Gasteiger partial charge >= 0.3 is 0 Å². The summed E-state index contributed by atoms with van der Waals surface area (Å²) in [5, 5.41) is 0. The summed E-state index contributed by atoms with van der Waals surface area (Å²) in [4.78, 5) is 19.6. The molecule has 1 amide bonds. The van der Waals surface area contributed by atoms with E-state index in [1.54, 1.807) is 0 Å². The van der Waals surface area contributed by atoms with Gasteiger partial charge in [0.2, 0.25) is 5.91 Å². The van der Waals surface area contributed by atoms with E-state index in [4.69, 9.17) is 0 Å². The quantitative estimate of drug-likeness (QED) is 0.759. The number of carbonyl (C=O) groups excluding carboxylic acids is 1. The van der Waals surface area contributed by atoms with Gasteiger partial charge < -0.3 is 9.80 Å². The molecule has 0 radical (unpaired) electrons. The van der Waals surface area contributed by atoms with Crippen molar-refractivity contribution in [3.8, 4) is 0 Å². The molecule has 0 aromatic heterocycles. The largest absolute Gasteiger partial charge is 0.338 e. The zero-order chi connectivity index (χ0) is 19.9. The number of piperazine rings is 1. The number of nitrogens with zero attached hydrogens (tertiary/aromatic N) is 3. The summed E-state index contributed by atoms with van der Waals surface area (Å²) in [7, 11) is 0. The van der Waals surface area contributed by atoms with E-state index in [0.717, 1.165) is 58.8 Å². The third-order valence-corrected chi connectivity index (χ3v) is 6.06. The van der Waals surface area contributed by atoms with Crippen LogP contribution in [0.5, 0.6) is 0 Å². The Bertz CT molecular complexity index is 825. The van der Waals surface area contributed by atoms with Crippen LogP contribution in [-0.2, 0) is 17.8 Å². The summed E-state index contributed by atoms with van der Waals surface area (Å²) >= 11 is 0. The second-order valence-corrected chi connectivity index (χ2v) is 8.04. The minimum atomic E-state index is 0.299. The highest BCUT2D eigenvalue weighted by atomic mass is 16.2. The summed E-state index contributed by atoms with van der Waals surface area (Å²) in [6.07, 6.45) is 6.07. The Hall–Kier alpha value is -2.43. The van der Waals surface area contributed by atoms with Gasteiger partial charge in [-0.3, -0.25) is 9.69 Å². The van der Waals surface area contributed by atoms with Crippen molar-refractivity contribution in [3.05, 3.63) is 77.4 Å². The highest BCUT2D eigenvalue weighted by Gasteiger charge is 2.22. The Morgan fingerprint density at radius 2 is 1.52 bits per heavy atom. The summed E-state index contributed by atoms with van der Waals surface area (Å²) in [5.41, 5.74) is 3.96. The lowest BCUT2D eigenvalue weighted by Gasteiger charge is -2.35. The van der Waals surface area contributed by atoms with Crippen LogP contribution < -0.4 is 0 Å². The Kier molecular flexibility index (Phi) is 6.75. The van der Waals surface area contributed by atoms with E-state index in [2.05, 4.69) is 70.5 Å². The van der Waals surface area contributed by atoms with Crippen LogP contribution in [0.1, 0.15) is 23.1 Å². The van der Waals surface area contributed by atoms with Crippen LogP contribution in [0, 0.1) is 0 Å². The van der Waals surface area contributed by atoms with Crippen molar-refractivity contribution in [2.75, 3.05) is 45.8 Å². The fraction of sp³-hybridized carbons (Fsp3) is 0.400. The Labute approximate surface area is 174 Å². The van der Waals surface area contributed by atoms with E-state index in [0.29, 0.717) is 12.3 Å². The molecule has 0 unspecified atom stereocenters. The maximum Gasteiger partial charge on any atom is 0.224 e. The molecule has 0 atom stereocenters. The highest BCUT2D eigenvalue weighted by Crippen LogP contribution is 2.19. The van der Waals surface area contributed by atoms with E-state index in [9.17, 15) is 4.79 Å². The molecule has 0 aliphatic carbocycles. The minimum Gasteiger partial charge on any atom is -0.338 e. The van der Waals surface area contributed by atoms with Crippen LogP contribution in [0.3, 0.4) is 0 Å². The molecule has 0 N–H and O–H groups in total. The first kappa shape index (κ1) is 19.9. The smallest absolute Gasteiger partial charge is 0.224 e. The zero-order valence-corrected chi connectivity index (χ0v) is 17.2. The van der Waals surface area contributed by atoms with E-state index in [1.165, 1.54) is 16.7 Å². The predicted molar refractivity (Wildman–Crippen MR) is 119 cm³/mol. The Morgan fingerprint density at radius 3 is 2.31 bits per heavy atom. The number of amides is 1. The van der Waals surface area contributed by atoms with E-state index in [1.807, 2.05) is 11.0 Å². The number of fused-ring (bicyclic) bond motifs is 1. The van der Waals surface area contributed by atoms with E-state index >= 15 is 0 Å². The summed E-state index contributed by atoms with van der Waals surface area (Å²) in [6.45, 7) is 7.76. The molecule has 152 valence electrons. The normalized spacial score (nSPS) is 18.1. The SMILES string of the molecule is O=C(CCN1CCN(C/C=C/c2ccccc2)CC1)N1CCc2ccccc2C1. The third kappa shape index (κ3) is 5.55. The van der Waals surface area contributed by atoms with Crippen molar-refractivity contribution in [1.82, 2.24) is 14.7 Å². The maximum absolute atomic E-state index is 12.7. The zero-order valence-electron chi connectivity index (χ0n) is 17.2. The number of carbonyl (C=O) groups is 1. The van der Waals surface area contributed by atoms with Gasteiger partial charge in [0, 0.05) is 58.8 Å². The van der Waals surface area contributed by atoms with Crippen molar-refractivity contribution in [3.63, 3.8) is 0 Å². The molecule has 4 nitrogen and oxygen atoms in total. The average Bonchev–Trinajstić information content (AvgIpc) is 2.79. The van der Waals surface area contributed by atoms with Gasteiger partial charge in [0.1, 0.15) is 0 Å². The molecular weight excluding hydrogens is 358 g/mol. The average molecular weight is 390 g/mol. The second-order valence-electron chi connectivity index (χ2n) is 8.04. The maximum atomic E-state index is 12.7. The molecule has 2 aromatic rings. The van der Waals surface area contributed by atoms with Crippen LogP contribution in [0.4, 0.5) is 0 Å². The first-order chi connectivity index (χ1) is 14.3. The number of rotatable bonds is 6. The molecule has 2 aliphatic heterocycles. The Morgan fingerprint density at radius 1 is 0.828 bits per heavy atom. The van der Waals surface area contributed by atoms with Crippen molar-refractivity contribution < 1.29 is 4.79 Å². The van der Waals surface area contributed by atoms with Gasteiger partial charge in [-0.15, -0.1) is 0 Å². The Balaban J connectivity index is 1.16. The lowest BCUT2D eigenvalue weighted by atomic mass is 10.00. The van der Waals surface area contributed by atoms with Crippen LogP contribution >= 0.6 is 0 Å². The molecule has 0 spiro atoms. The van der Waals surface area contributed by atoms with E-state index < -0.39 is 0 Å². The number of benzene rings is 2. The van der Waals surface area contributed by atoms with Gasteiger partial charge in [0.05, 0.1) is 0 Å². The summed E-state index contributed by atoms with van der Waals surface area (Å²) in [6, 6.07) is 19.0. The fourth-order valence-electron chi connectivity index (χ4n) is 4.22. The molecule has 2 heterocycles. The van der Waals surface area contributed by atoms with Crippen LogP contribution in [0.15, 0.2) is 60.7 Å². The van der Waals surface area contributed by atoms with E-state index in [-0.39, 0.29) is 0 Å². The minimum absolute atomic E-state index is 0.299. The van der Waals surface area contributed by atoms with Crippen LogP contribution in [-0.4, -0.2) is 66.4 Å². The van der Waals surface area contributed by atoms with Gasteiger partial charge in [-0.2, -0.15) is 0 Å². The fourth-order valence-corrected chi connectivity index (χ4v) is 4.22. The molecule has 0 saturated carbocycles. The molecular formula is C25H31N3O. The first-order valence-corrected chi connectivity index (χ1v) is 10.8. The van der Waals surface area contributed by atoms with Crippen molar-refractivity contribution in [2.45, 2.75) is 19.4 Å². The molecule has 2 aromatic carbocycles. The summed E-state index contributed by atoms with van der Waals surface area (Å²) < 4.78 is 0. The highest BCUT2D eigenvalue weighted by molar-refractivity contribution is 5.76. The molecule has 1 saturated heterocycles. The number of hydrogen-bond donors (Lipinski definition) is 0. The third-order valence-electron chi connectivity index (χ3n) is 6.06. The van der Waals surface area contributed by atoms with Gasteiger partial charge in [-0.05, 0) is 23.1 Å². The van der Waals surface area contributed by atoms with Gasteiger partial charge in [0.15, 0.2) is 0 Å². The van der Waals surface area contributed by atoms with Gasteiger partial charge in [-0.1, -0.05) is 66.7 Å². The van der Waals surface area contributed by atoms with Crippen molar-refractivity contribution >= 4 is 12.0 Å². The molecule has 4 heteroatoms. The van der Waals surface area contributed by atoms with Crippen molar-refractivity contribution in [1.29, 1.82) is 0 Å². The molecule has 4 rings (SSSR count). The van der Waals surface area contributed by atoms with Gasteiger partial charge in [0.25, 0.3) is 0 Å². The van der Waals surface area contributed by atoms with Crippen LogP contribution in [0.25, 0.3) is 6.08 Å². The molecule has 29 heavy (non-hydrogen) atoms. The molecule has 1 fully saturated rings. The second kappa shape index (κ2) is 9.86. The van der Waals surface area contributed by atoms with Crippen molar-refractivity contribution in [2.24, 2.45) is 0 Å². The predicted octanol–water partition coefficient (Wildman–Crippen LogP) is 3.29. The lowest BCUT2D eigenvalue weighted by molar-refractivity contribution is -0.132. The van der Waals surface area contributed by atoms with Gasteiger partial charge in [-0.25, -0.2) is 0 Å². The topological polar surface area (TPSA) is 26.8 Å².